The fourth-order valence-electron chi connectivity index (χ4n) is 3.29. The fourth-order valence-corrected chi connectivity index (χ4v) is 3.29. The molecule has 0 bridgehead atoms. The third kappa shape index (κ3) is 5.88. The summed E-state index contributed by atoms with van der Waals surface area (Å²) in [5, 5.41) is 6.76. The lowest BCUT2D eigenvalue weighted by molar-refractivity contribution is 0.181. The number of furan rings is 1. The van der Waals surface area contributed by atoms with Crippen molar-refractivity contribution < 1.29 is 13.9 Å². The summed E-state index contributed by atoms with van der Waals surface area (Å²) < 4.78 is 10.4. The Hall–Kier alpha value is -3.74. The maximum absolute atomic E-state index is 11.7. The number of rotatable bonds is 8. The first-order valence-electron chi connectivity index (χ1n) is 10.4. The summed E-state index contributed by atoms with van der Waals surface area (Å²) in [5.74, 6) is 1.67. The van der Waals surface area contributed by atoms with Crippen LogP contribution in [0.4, 0.5) is 10.5 Å². The fraction of sp³-hybridized carbons (Fsp3) is 0.250. The van der Waals surface area contributed by atoms with Crippen molar-refractivity contribution in [1.29, 1.82) is 0 Å². The highest BCUT2D eigenvalue weighted by atomic mass is 16.6. The Morgan fingerprint density at radius 3 is 2.52 bits per heavy atom. The van der Waals surface area contributed by atoms with Gasteiger partial charge >= 0.3 is 6.09 Å². The van der Waals surface area contributed by atoms with Gasteiger partial charge in [-0.15, -0.1) is 0 Å². The summed E-state index contributed by atoms with van der Waals surface area (Å²) in [4.78, 5) is 18.1. The zero-order chi connectivity index (χ0) is 21.3. The van der Waals surface area contributed by atoms with Crippen molar-refractivity contribution in [2.24, 2.45) is 4.99 Å². The number of anilines is 1. The molecule has 2 N–H and O–H groups in total. The summed E-state index contributed by atoms with van der Waals surface area (Å²) >= 11 is 0. The maximum atomic E-state index is 11.7. The smallest absolute Gasteiger partial charge is 0.414 e. The average molecular weight is 418 g/mol. The van der Waals surface area contributed by atoms with E-state index in [0.717, 1.165) is 35.0 Å². The molecule has 1 aromatic heterocycles. The predicted octanol–water partition coefficient (Wildman–Crippen LogP) is 3.71. The monoisotopic (exact) mass is 418 g/mol. The minimum absolute atomic E-state index is 0.290. The molecule has 0 saturated carbocycles. The third-order valence-electron chi connectivity index (χ3n) is 4.98. The Bertz CT molecular complexity index is 985. The van der Waals surface area contributed by atoms with Gasteiger partial charge in [0, 0.05) is 25.2 Å². The largest absolute Gasteiger partial charge is 0.469 e. The van der Waals surface area contributed by atoms with Crippen LogP contribution in [0.2, 0.25) is 0 Å². The van der Waals surface area contributed by atoms with Crippen LogP contribution in [0, 0.1) is 0 Å². The number of amides is 1. The molecule has 4 rings (SSSR count). The number of hydrogen-bond acceptors (Lipinski definition) is 4. The molecule has 1 aliphatic heterocycles. The van der Waals surface area contributed by atoms with Gasteiger partial charge in [0.05, 0.1) is 19.4 Å². The van der Waals surface area contributed by atoms with Gasteiger partial charge in [-0.1, -0.05) is 42.5 Å². The van der Waals surface area contributed by atoms with Crippen LogP contribution in [-0.4, -0.2) is 31.7 Å². The normalized spacial score (nSPS) is 13.9. The minimum atomic E-state index is -0.290. The minimum Gasteiger partial charge on any atom is -0.469 e. The molecule has 0 atom stereocenters. The Labute approximate surface area is 181 Å². The van der Waals surface area contributed by atoms with Crippen LogP contribution in [0.1, 0.15) is 16.9 Å². The highest BCUT2D eigenvalue weighted by molar-refractivity contribution is 5.89. The molecule has 1 fully saturated rings. The third-order valence-corrected chi connectivity index (χ3v) is 4.98. The second kappa shape index (κ2) is 10.3. The average Bonchev–Trinajstić information content (AvgIpc) is 3.48. The Kier molecular flexibility index (Phi) is 6.85. The van der Waals surface area contributed by atoms with Crippen molar-refractivity contribution in [2.45, 2.75) is 19.5 Å². The predicted molar refractivity (Wildman–Crippen MR) is 120 cm³/mol. The van der Waals surface area contributed by atoms with E-state index in [4.69, 9.17) is 14.1 Å². The van der Waals surface area contributed by atoms with Crippen LogP contribution in [-0.2, 0) is 24.2 Å². The van der Waals surface area contributed by atoms with E-state index in [2.05, 4.69) is 22.8 Å². The molecule has 0 aliphatic carbocycles. The maximum Gasteiger partial charge on any atom is 0.414 e. The standard InChI is InChI=1S/C24H26N4O3/c29-24-28(14-16-31-24)21-10-8-20(9-11-21)18-27-23(25-13-12-22-7-4-15-30-22)26-17-19-5-2-1-3-6-19/h1-11,15H,12-14,16-18H2,(H2,25,26,27). The zero-order valence-corrected chi connectivity index (χ0v) is 17.3. The summed E-state index contributed by atoms with van der Waals surface area (Å²) in [7, 11) is 0. The number of cyclic esters (lactones) is 1. The van der Waals surface area contributed by atoms with Crippen molar-refractivity contribution >= 4 is 17.7 Å². The summed E-state index contributed by atoms with van der Waals surface area (Å²) in [5.41, 5.74) is 3.09. The molecule has 1 saturated heterocycles. The number of nitrogens with zero attached hydrogens (tertiary/aromatic N) is 2. The molecular weight excluding hydrogens is 392 g/mol. The molecule has 0 unspecified atom stereocenters. The lowest BCUT2D eigenvalue weighted by Gasteiger charge is -2.15. The van der Waals surface area contributed by atoms with E-state index >= 15 is 0 Å². The molecule has 160 valence electrons. The topological polar surface area (TPSA) is 79.1 Å². The van der Waals surface area contributed by atoms with Gasteiger partial charge in [0.1, 0.15) is 12.4 Å². The van der Waals surface area contributed by atoms with Gasteiger partial charge in [0.25, 0.3) is 0 Å². The summed E-state index contributed by atoms with van der Waals surface area (Å²) in [6.45, 7) is 2.95. The second-order valence-corrected chi connectivity index (χ2v) is 7.19. The van der Waals surface area contributed by atoms with E-state index in [-0.39, 0.29) is 6.09 Å². The molecule has 1 aliphatic rings. The van der Waals surface area contributed by atoms with E-state index in [1.807, 2.05) is 54.6 Å². The number of ether oxygens (including phenoxy) is 1. The van der Waals surface area contributed by atoms with Crippen LogP contribution < -0.4 is 15.5 Å². The molecule has 31 heavy (non-hydrogen) atoms. The Balaban J connectivity index is 1.35. The van der Waals surface area contributed by atoms with Crippen molar-refractivity contribution in [3.05, 3.63) is 89.9 Å². The van der Waals surface area contributed by atoms with Crippen LogP contribution in [0.15, 0.2) is 82.4 Å². The van der Waals surface area contributed by atoms with Crippen LogP contribution in [0.25, 0.3) is 0 Å². The lowest BCUT2D eigenvalue weighted by atomic mass is 10.2. The second-order valence-electron chi connectivity index (χ2n) is 7.19. The lowest BCUT2D eigenvalue weighted by Crippen LogP contribution is -2.38. The number of carbonyl (C=O) groups excluding carboxylic acids is 1. The first-order chi connectivity index (χ1) is 15.3. The van der Waals surface area contributed by atoms with Gasteiger partial charge < -0.3 is 19.8 Å². The number of guanidine groups is 1. The van der Waals surface area contributed by atoms with Gasteiger partial charge in [-0.2, -0.15) is 0 Å². The van der Waals surface area contributed by atoms with E-state index in [9.17, 15) is 4.79 Å². The molecule has 7 heteroatoms. The van der Waals surface area contributed by atoms with Crippen molar-refractivity contribution in [3.8, 4) is 0 Å². The molecule has 2 aromatic carbocycles. The van der Waals surface area contributed by atoms with E-state index in [0.29, 0.717) is 32.8 Å². The molecule has 2 heterocycles. The Morgan fingerprint density at radius 2 is 1.81 bits per heavy atom. The van der Waals surface area contributed by atoms with Crippen molar-refractivity contribution in [2.75, 3.05) is 24.6 Å². The quantitative estimate of drug-likeness (QED) is 0.431. The SMILES string of the molecule is O=C1OCCN1c1ccc(CNC(=NCc2ccccc2)NCCc2ccco2)cc1. The van der Waals surface area contributed by atoms with Crippen molar-refractivity contribution in [1.82, 2.24) is 10.6 Å². The Morgan fingerprint density at radius 1 is 0.968 bits per heavy atom. The van der Waals surface area contributed by atoms with Crippen LogP contribution >= 0.6 is 0 Å². The first-order valence-corrected chi connectivity index (χ1v) is 10.4. The van der Waals surface area contributed by atoms with Crippen molar-refractivity contribution in [3.63, 3.8) is 0 Å². The van der Waals surface area contributed by atoms with E-state index in [1.165, 1.54) is 0 Å². The molecule has 7 nitrogen and oxygen atoms in total. The molecule has 1 amide bonds. The van der Waals surface area contributed by atoms with Crippen LogP contribution in [0.5, 0.6) is 0 Å². The summed E-state index contributed by atoms with van der Waals surface area (Å²) in [6, 6.07) is 21.9. The summed E-state index contributed by atoms with van der Waals surface area (Å²) in [6.07, 6.45) is 2.17. The van der Waals surface area contributed by atoms with Gasteiger partial charge in [0.15, 0.2) is 5.96 Å². The van der Waals surface area contributed by atoms with Crippen LogP contribution in [0.3, 0.4) is 0 Å². The zero-order valence-electron chi connectivity index (χ0n) is 17.3. The van der Waals surface area contributed by atoms with Gasteiger partial charge in [-0.3, -0.25) is 4.90 Å². The number of hydrogen-bond donors (Lipinski definition) is 2. The van der Waals surface area contributed by atoms with Gasteiger partial charge in [-0.25, -0.2) is 9.79 Å². The molecular formula is C24H26N4O3. The van der Waals surface area contributed by atoms with E-state index in [1.54, 1.807) is 11.2 Å². The van der Waals surface area contributed by atoms with Gasteiger partial charge in [0.2, 0.25) is 0 Å². The van der Waals surface area contributed by atoms with E-state index < -0.39 is 0 Å². The number of benzene rings is 2. The highest BCUT2D eigenvalue weighted by Gasteiger charge is 2.23. The highest BCUT2D eigenvalue weighted by Crippen LogP contribution is 2.19. The molecule has 0 spiro atoms. The van der Waals surface area contributed by atoms with Gasteiger partial charge in [-0.05, 0) is 35.4 Å². The number of aliphatic imine (C=N–C) groups is 1. The molecule has 3 aromatic rings. The first kappa shape index (κ1) is 20.5. The molecule has 0 radical (unpaired) electrons. The number of nitrogens with one attached hydrogen (secondary N) is 2. The number of carbonyl (C=O) groups is 1.